The molecule has 3 aromatic rings. The van der Waals surface area contributed by atoms with Crippen molar-refractivity contribution in [2.75, 3.05) is 5.32 Å². The Morgan fingerprint density at radius 2 is 2.14 bits per heavy atom. The number of carbonyl (C=O) groups excluding carboxylic acids is 1. The second-order valence-corrected chi connectivity index (χ2v) is 7.47. The third-order valence-corrected chi connectivity index (χ3v) is 5.28. The van der Waals surface area contributed by atoms with Crippen molar-refractivity contribution in [3.05, 3.63) is 56.8 Å². The zero-order valence-electron chi connectivity index (χ0n) is 11.1. The van der Waals surface area contributed by atoms with Crippen LogP contribution < -0.4 is 5.32 Å². The molecule has 106 valence electrons. The Morgan fingerprint density at radius 1 is 1.29 bits per heavy atom. The van der Waals surface area contributed by atoms with Gasteiger partial charge < -0.3 is 5.32 Å². The van der Waals surface area contributed by atoms with Crippen molar-refractivity contribution in [3.8, 4) is 9.88 Å². The highest BCUT2D eigenvalue weighted by atomic mass is 79.9. The monoisotopic (exact) mass is 378 g/mol. The summed E-state index contributed by atoms with van der Waals surface area (Å²) in [6.45, 7) is 2.06. The van der Waals surface area contributed by atoms with Gasteiger partial charge in [-0.15, -0.1) is 22.7 Å². The number of thiazole rings is 1. The zero-order chi connectivity index (χ0) is 14.8. The molecule has 0 saturated heterocycles. The molecule has 0 saturated carbocycles. The second kappa shape index (κ2) is 6.09. The van der Waals surface area contributed by atoms with Gasteiger partial charge in [0.2, 0.25) is 0 Å². The zero-order valence-corrected chi connectivity index (χ0v) is 14.3. The number of hydrogen-bond acceptors (Lipinski definition) is 4. The minimum absolute atomic E-state index is 0.191. The van der Waals surface area contributed by atoms with Crippen molar-refractivity contribution in [2.24, 2.45) is 0 Å². The van der Waals surface area contributed by atoms with Crippen molar-refractivity contribution < 1.29 is 4.79 Å². The minimum atomic E-state index is -0.191. The van der Waals surface area contributed by atoms with Gasteiger partial charge in [0.05, 0.1) is 4.88 Å². The van der Waals surface area contributed by atoms with Gasteiger partial charge in [-0.1, -0.05) is 22.0 Å². The number of benzene rings is 1. The minimum Gasteiger partial charge on any atom is -0.321 e. The second-order valence-electron chi connectivity index (χ2n) is 4.41. The molecule has 0 aliphatic carbocycles. The van der Waals surface area contributed by atoms with E-state index in [-0.39, 0.29) is 5.91 Å². The highest BCUT2D eigenvalue weighted by Gasteiger charge is 2.13. The van der Waals surface area contributed by atoms with E-state index in [1.165, 1.54) is 16.2 Å². The first-order valence-corrected chi connectivity index (χ1v) is 8.70. The molecule has 1 N–H and O–H groups in total. The van der Waals surface area contributed by atoms with Crippen LogP contribution in [0.2, 0.25) is 0 Å². The summed E-state index contributed by atoms with van der Waals surface area (Å²) in [7, 11) is 0. The smallest absolute Gasteiger partial charge is 0.275 e. The van der Waals surface area contributed by atoms with Gasteiger partial charge in [0.15, 0.2) is 0 Å². The fourth-order valence-corrected chi connectivity index (χ4v) is 3.94. The van der Waals surface area contributed by atoms with Gasteiger partial charge in [-0.3, -0.25) is 4.79 Å². The molecule has 1 aromatic carbocycles. The molecular formula is C15H11BrN2OS2. The highest BCUT2D eigenvalue weighted by molar-refractivity contribution is 9.10. The number of halogens is 1. The van der Waals surface area contributed by atoms with Crippen molar-refractivity contribution in [1.29, 1.82) is 0 Å². The maximum absolute atomic E-state index is 12.2. The summed E-state index contributed by atoms with van der Waals surface area (Å²) in [6.07, 6.45) is 0. The molecule has 0 atom stereocenters. The molecule has 2 aromatic heterocycles. The largest absolute Gasteiger partial charge is 0.321 e. The average molecular weight is 379 g/mol. The quantitative estimate of drug-likeness (QED) is 0.680. The van der Waals surface area contributed by atoms with Crippen molar-refractivity contribution in [3.63, 3.8) is 0 Å². The van der Waals surface area contributed by atoms with Gasteiger partial charge in [0.25, 0.3) is 5.91 Å². The molecule has 6 heteroatoms. The van der Waals surface area contributed by atoms with Crippen molar-refractivity contribution >= 4 is 50.2 Å². The van der Waals surface area contributed by atoms with E-state index >= 15 is 0 Å². The number of anilines is 1. The van der Waals surface area contributed by atoms with Gasteiger partial charge in [0.1, 0.15) is 10.7 Å². The normalized spacial score (nSPS) is 10.6. The van der Waals surface area contributed by atoms with E-state index in [9.17, 15) is 4.79 Å². The predicted octanol–water partition coefficient (Wildman–Crippen LogP) is 5.19. The van der Waals surface area contributed by atoms with Crippen molar-refractivity contribution in [2.45, 2.75) is 6.92 Å². The Labute approximate surface area is 138 Å². The molecule has 0 aliphatic heterocycles. The van der Waals surface area contributed by atoms with Crippen LogP contribution in [0.15, 0.2) is 46.3 Å². The summed E-state index contributed by atoms with van der Waals surface area (Å²) in [5.41, 5.74) is 1.19. The summed E-state index contributed by atoms with van der Waals surface area (Å²) in [5.74, 6) is -0.191. The lowest BCUT2D eigenvalue weighted by Crippen LogP contribution is -2.12. The number of thiophene rings is 1. The van der Waals surface area contributed by atoms with Gasteiger partial charge in [-0.2, -0.15) is 0 Å². The Kier molecular flexibility index (Phi) is 4.19. The molecule has 3 rings (SSSR count). The standard InChI is InChI=1S/C15H11BrN2OS2/c1-9-5-6-13(21-9)15-18-12(8-20-15)14(19)17-11-4-2-3-10(16)7-11/h2-8H,1H3,(H,17,19). The number of nitrogens with zero attached hydrogens (tertiary/aromatic N) is 1. The average Bonchev–Trinajstić information content (AvgIpc) is 3.07. The Hall–Kier alpha value is -1.50. The lowest BCUT2D eigenvalue weighted by Gasteiger charge is -2.03. The Morgan fingerprint density at radius 3 is 2.86 bits per heavy atom. The number of aryl methyl sites for hydroxylation is 1. The summed E-state index contributed by atoms with van der Waals surface area (Å²) < 4.78 is 0.924. The molecule has 1 amide bonds. The Bertz CT molecular complexity index is 794. The first-order valence-electron chi connectivity index (χ1n) is 6.21. The molecule has 0 spiro atoms. The molecule has 0 radical (unpaired) electrons. The van der Waals surface area contributed by atoms with E-state index in [1.807, 2.05) is 30.3 Å². The summed E-state index contributed by atoms with van der Waals surface area (Å²) in [6, 6.07) is 11.6. The SMILES string of the molecule is Cc1ccc(-c2nc(C(=O)Nc3cccc(Br)c3)cs2)s1. The van der Waals surface area contributed by atoms with Gasteiger partial charge in [0, 0.05) is 20.4 Å². The van der Waals surface area contributed by atoms with E-state index in [0.717, 1.165) is 20.0 Å². The van der Waals surface area contributed by atoms with E-state index in [4.69, 9.17) is 0 Å². The van der Waals surface area contributed by atoms with Gasteiger partial charge in [-0.25, -0.2) is 4.98 Å². The first-order chi connectivity index (χ1) is 10.1. The summed E-state index contributed by atoms with van der Waals surface area (Å²) in [4.78, 5) is 18.9. The molecule has 3 nitrogen and oxygen atoms in total. The predicted molar refractivity (Wildman–Crippen MR) is 92.3 cm³/mol. The van der Waals surface area contributed by atoms with Gasteiger partial charge >= 0.3 is 0 Å². The van der Waals surface area contributed by atoms with Crippen LogP contribution in [-0.2, 0) is 0 Å². The van der Waals surface area contributed by atoms with Crippen LogP contribution in [0.4, 0.5) is 5.69 Å². The number of nitrogens with one attached hydrogen (secondary N) is 1. The number of rotatable bonds is 3. The molecule has 0 unspecified atom stereocenters. The van der Waals surface area contributed by atoms with E-state index < -0.39 is 0 Å². The maximum Gasteiger partial charge on any atom is 0.275 e. The fraction of sp³-hybridized carbons (Fsp3) is 0.0667. The summed E-state index contributed by atoms with van der Waals surface area (Å²) in [5, 5.41) is 5.52. The fourth-order valence-electron chi connectivity index (χ4n) is 1.80. The molecule has 2 heterocycles. The summed E-state index contributed by atoms with van der Waals surface area (Å²) >= 11 is 6.55. The van der Waals surface area contributed by atoms with Crippen LogP contribution >= 0.6 is 38.6 Å². The molecule has 21 heavy (non-hydrogen) atoms. The number of aromatic nitrogens is 1. The van der Waals surface area contributed by atoms with Crippen molar-refractivity contribution in [1.82, 2.24) is 4.98 Å². The number of carbonyl (C=O) groups is 1. The lowest BCUT2D eigenvalue weighted by molar-refractivity contribution is 0.102. The van der Waals surface area contributed by atoms with Crippen LogP contribution in [0.5, 0.6) is 0 Å². The third-order valence-electron chi connectivity index (χ3n) is 2.77. The number of amides is 1. The van der Waals surface area contributed by atoms with Crippen LogP contribution in [0, 0.1) is 6.92 Å². The number of hydrogen-bond donors (Lipinski definition) is 1. The van der Waals surface area contributed by atoms with Crippen LogP contribution in [-0.4, -0.2) is 10.9 Å². The highest BCUT2D eigenvalue weighted by Crippen LogP contribution is 2.30. The molecule has 0 fully saturated rings. The molecule has 0 bridgehead atoms. The molecule has 0 aliphatic rings. The maximum atomic E-state index is 12.2. The van der Waals surface area contributed by atoms with Gasteiger partial charge in [-0.05, 0) is 37.3 Å². The van der Waals surface area contributed by atoms with E-state index in [0.29, 0.717) is 5.69 Å². The van der Waals surface area contributed by atoms with Crippen LogP contribution in [0.1, 0.15) is 15.4 Å². The molecular weight excluding hydrogens is 368 g/mol. The Balaban J connectivity index is 1.78. The van der Waals surface area contributed by atoms with Crippen LogP contribution in [0.3, 0.4) is 0 Å². The third kappa shape index (κ3) is 3.40. The van der Waals surface area contributed by atoms with E-state index in [1.54, 1.807) is 16.7 Å². The first kappa shape index (κ1) is 14.4. The topological polar surface area (TPSA) is 42.0 Å². The lowest BCUT2D eigenvalue weighted by atomic mass is 10.3. The van der Waals surface area contributed by atoms with Crippen LogP contribution in [0.25, 0.3) is 9.88 Å². The van der Waals surface area contributed by atoms with E-state index in [2.05, 4.69) is 39.2 Å².